The van der Waals surface area contributed by atoms with Gasteiger partial charge in [-0.2, -0.15) is 0 Å². The van der Waals surface area contributed by atoms with E-state index in [1.54, 1.807) is 11.3 Å². The van der Waals surface area contributed by atoms with Gasteiger partial charge in [-0.1, -0.05) is 37.6 Å². The Balaban J connectivity index is 2.22. The van der Waals surface area contributed by atoms with Crippen LogP contribution in [0.15, 0.2) is 30.3 Å². The number of halogens is 1. The number of rotatable bonds is 3. The highest BCUT2D eigenvalue weighted by Gasteiger charge is 2.11. The molecule has 0 amide bonds. The zero-order valence-electron chi connectivity index (χ0n) is 11.5. The highest BCUT2D eigenvalue weighted by molar-refractivity contribution is 7.15. The van der Waals surface area contributed by atoms with Gasteiger partial charge in [0.15, 0.2) is 5.82 Å². The second-order valence-corrected chi connectivity index (χ2v) is 6.15. The van der Waals surface area contributed by atoms with E-state index in [9.17, 15) is 0 Å². The van der Waals surface area contributed by atoms with Crippen LogP contribution in [0.25, 0.3) is 21.6 Å². The molecule has 3 aromatic rings. The molecule has 102 valence electrons. The van der Waals surface area contributed by atoms with Gasteiger partial charge in [-0.15, -0.1) is 11.3 Å². The van der Waals surface area contributed by atoms with Gasteiger partial charge in [-0.3, -0.25) is 0 Å². The third kappa shape index (κ3) is 2.32. The smallest absolute Gasteiger partial charge is 0.171 e. The van der Waals surface area contributed by atoms with Gasteiger partial charge in [0.1, 0.15) is 5.15 Å². The first kappa shape index (κ1) is 13.5. The summed E-state index contributed by atoms with van der Waals surface area (Å²) in [6.45, 7) is 4.28. The molecule has 3 rings (SSSR count). The minimum atomic E-state index is 0.534. The summed E-state index contributed by atoms with van der Waals surface area (Å²) in [7, 11) is 0. The van der Waals surface area contributed by atoms with Crippen LogP contribution in [0.4, 0.5) is 0 Å². The van der Waals surface area contributed by atoms with Gasteiger partial charge in [0.05, 0.1) is 10.4 Å². The predicted molar refractivity (Wildman–Crippen MR) is 86.6 cm³/mol. The second-order valence-electron chi connectivity index (χ2n) is 4.62. The van der Waals surface area contributed by atoms with E-state index < -0.39 is 0 Å². The lowest BCUT2D eigenvalue weighted by atomic mass is 10.1. The van der Waals surface area contributed by atoms with Crippen LogP contribution in [0.3, 0.4) is 0 Å². The van der Waals surface area contributed by atoms with Crippen LogP contribution < -0.4 is 0 Å². The van der Waals surface area contributed by atoms with Crippen molar-refractivity contribution >= 4 is 33.8 Å². The Morgan fingerprint density at radius 1 is 1.05 bits per heavy atom. The summed E-state index contributed by atoms with van der Waals surface area (Å²) in [5, 5.41) is 1.47. The molecule has 0 saturated heterocycles. The monoisotopic (exact) mass is 302 g/mol. The summed E-state index contributed by atoms with van der Waals surface area (Å²) < 4.78 is 0. The molecule has 0 aliphatic heterocycles. The van der Waals surface area contributed by atoms with Crippen LogP contribution in [0.1, 0.15) is 24.3 Å². The van der Waals surface area contributed by atoms with Crippen LogP contribution in [0, 0.1) is 0 Å². The lowest BCUT2D eigenvalue weighted by Crippen LogP contribution is -1.94. The van der Waals surface area contributed by atoms with Gasteiger partial charge in [0.25, 0.3) is 0 Å². The number of benzene rings is 1. The first-order valence-electron chi connectivity index (χ1n) is 6.77. The summed E-state index contributed by atoms with van der Waals surface area (Å²) in [6, 6.07) is 10.3. The van der Waals surface area contributed by atoms with Crippen molar-refractivity contribution in [3.8, 4) is 10.7 Å². The first-order chi connectivity index (χ1) is 9.72. The number of aromatic nitrogens is 2. The van der Waals surface area contributed by atoms with Crippen molar-refractivity contribution in [2.75, 3.05) is 0 Å². The van der Waals surface area contributed by atoms with Crippen LogP contribution in [0.2, 0.25) is 5.15 Å². The van der Waals surface area contributed by atoms with Gasteiger partial charge in [-0.25, -0.2) is 9.97 Å². The molecule has 0 spiro atoms. The highest BCUT2D eigenvalue weighted by atomic mass is 35.5. The van der Waals surface area contributed by atoms with E-state index in [4.69, 9.17) is 16.6 Å². The molecule has 2 heterocycles. The van der Waals surface area contributed by atoms with Crippen LogP contribution in [-0.2, 0) is 12.8 Å². The van der Waals surface area contributed by atoms with E-state index >= 15 is 0 Å². The van der Waals surface area contributed by atoms with E-state index in [1.165, 1.54) is 10.4 Å². The average Bonchev–Trinajstić information content (AvgIpc) is 2.95. The third-order valence-electron chi connectivity index (χ3n) is 3.38. The van der Waals surface area contributed by atoms with E-state index in [1.807, 2.05) is 12.1 Å². The number of hydrogen-bond donors (Lipinski definition) is 0. The normalized spacial score (nSPS) is 11.2. The van der Waals surface area contributed by atoms with Crippen molar-refractivity contribution in [2.45, 2.75) is 26.7 Å². The molecule has 0 unspecified atom stereocenters. The maximum atomic E-state index is 6.34. The van der Waals surface area contributed by atoms with Gasteiger partial charge >= 0.3 is 0 Å². The molecule has 0 radical (unpaired) electrons. The van der Waals surface area contributed by atoms with E-state index in [0.717, 1.165) is 34.4 Å². The summed E-state index contributed by atoms with van der Waals surface area (Å²) in [5.41, 5.74) is 2.18. The number of hydrogen-bond acceptors (Lipinski definition) is 3. The number of nitrogens with zero attached hydrogens (tertiary/aromatic N) is 2. The summed E-state index contributed by atoms with van der Waals surface area (Å²) in [5.74, 6) is 0.730. The molecular weight excluding hydrogens is 288 g/mol. The van der Waals surface area contributed by atoms with Crippen LogP contribution >= 0.6 is 22.9 Å². The highest BCUT2D eigenvalue weighted by Crippen LogP contribution is 2.30. The van der Waals surface area contributed by atoms with Crippen molar-refractivity contribution in [3.05, 3.63) is 45.9 Å². The van der Waals surface area contributed by atoms with Crippen molar-refractivity contribution in [1.82, 2.24) is 9.97 Å². The van der Waals surface area contributed by atoms with E-state index in [0.29, 0.717) is 5.15 Å². The zero-order valence-corrected chi connectivity index (χ0v) is 13.1. The SMILES string of the molecule is CCc1ccc(-c2nc(Cl)c3cccc(CC)c3n2)s1. The molecule has 0 aliphatic carbocycles. The Kier molecular flexibility index (Phi) is 3.72. The number of para-hydroxylation sites is 1. The van der Waals surface area contributed by atoms with Crippen LogP contribution in [-0.4, -0.2) is 9.97 Å². The summed E-state index contributed by atoms with van der Waals surface area (Å²) in [4.78, 5) is 11.6. The topological polar surface area (TPSA) is 25.8 Å². The maximum Gasteiger partial charge on any atom is 0.171 e. The average molecular weight is 303 g/mol. The Morgan fingerprint density at radius 3 is 2.60 bits per heavy atom. The van der Waals surface area contributed by atoms with Gasteiger partial charge < -0.3 is 0 Å². The third-order valence-corrected chi connectivity index (χ3v) is 4.89. The predicted octanol–water partition coefficient (Wildman–Crippen LogP) is 5.14. The Labute approximate surface area is 127 Å². The fraction of sp³-hybridized carbons (Fsp3) is 0.250. The van der Waals surface area contributed by atoms with Crippen molar-refractivity contribution in [2.24, 2.45) is 0 Å². The van der Waals surface area contributed by atoms with E-state index in [-0.39, 0.29) is 0 Å². The van der Waals surface area contributed by atoms with Crippen molar-refractivity contribution in [1.29, 1.82) is 0 Å². The lowest BCUT2D eigenvalue weighted by Gasteiger charge is -2.06. The summed E-state index contributed by atoms with van der Waals surface area (Å²) in [6.07, 6.45) is 1.97. The molecule has 2 nitrogen and oxygen atoms in total. The Hall–Kier alpha value is -1.45. The molecule has 1 aromatic carbocycles. The fourth-order valence-corrected chi connectivity index (χ4v) is 3.37. The second kappa shape index (κ2) is 5.51. The molecule has 2 aromatic heterocycles. The zero-order chi connectivity index (χ0) is 14.1. The minimum absolute atomic E-state index is 0.534. The molecule has 0 aliphatic rings. The Bertz CT molecular complexity index is 764. The van der Waals surface area contributed by atoms with Gasteiger partial charge in [0, 0.05) is 10.3 Å². The number of aryl methyl sites for hydroxylation is 2. The molecule has 0 saturated carbocycles. The lowest BCUT2D eigenvalue weighted by molar-refractivity contribution is 1.13. The number of thiophene rings is 1. The molecule has 4 heteroatoms. The molecule has 0 atom stereocenters. The molecule has 0 N–H and O–H groups in total. The molecule has 0 bridgehead atoms. The summed E-state index contributed by atoms with van der Waals surface area (Å²) >= 11 is 8.07. The van der Waals surface area contributed by atoms with Gasteiger partial charge in [-0.05, 0) is 36.6 Å². The molecule has 0 fully saturated rings. The fourth-order valence-electron chi connectivity index (χ4n) is 2.26. The van der Waals surface area contributed by atoms with Crippen LogP contribution in [0.5, 0.6) is 0 Å². The largest absolute Gasteiger partial charge is 0.227 e. The minimum Gasteiger partial charge on any atom is -0.227 e. The maximum absolute atomic E-state index is 6.34. The van der Waals surface area contributed by atoms with E-state index in [2.05, 4.69) is 37.0 Å². The standard InChI is InChI=1S/C16H15ClN2S/c1-3-10-6-5-7-12-14(10)18-16(19-15(12)17)13-9-8-11(4-2)20-13/h5-9H,3-4H2,1-2H3. The molecular formula is C16H15ClN2S. The Morgan fingerprint density at radius 2 is 1.90 bits per heavy atom. The van der Waals surface area contributed by atoms with Gasteiger partial charge in [0.2, 0.25) is 0 Å². The van der Waals surface area contributed by atoms with Crippen molar-refractivity contribution in [3.63, 3.8) is 0 Å². The van der Waals surface area contributed by atoms with Crippen molar-refractivity contribution < 1.29 is 0 Å². The quantitative estimate of drug-likeness (QED) is 0.626. The number of fused-ring (bicyclic) bond motifs is 1. The molecule has 20 heavy (non-hydrogen) atoms. The first-order valence-corrected chi connectivity index (χ1v) is 7.96.